The summed E-state index contributed by atoms with van der Waals surface area (Å²) in [6.45, 7) is -0.651. The average Bonchev–Trinajstić information content (AvgIpc) is 2.27. The van der Waals surface area contributed by atoms with Crippen LogP contribution in [0.4, 0.5) is 0 Å². The molecule has 1 unspecified atom stereocenters. The molecule has 0 aliphatic carbocycles. The first-order valence-electron chi connectivity index (χ1n) is 6.07. The minimum absolute atomic E-state index is 0.0320. The van der Waals surface area contributed by atoms with Crippen molar-refractivity contribution in [1.29, 1.82) is 10.8 Å². The molecule has 0 saturated carbocycles. The normalized spacial score (nSPS) is 15.4. The molecular weight excluding hydrogens is 188 g/mol. The van der Waals surface area contributed by atoms with E-state index in [1.165, 1.54) is 6.92 Å². The highest BCUT2D eigenvalue weighted by atomic mass is 15.1. The molecule has 0 saturated heterocycles. The smallest absolute Gasteiger partial charge is 0.193 e. The highest BCUT2D eigenvalue weighted by Crippen LogP contribution is 1.97. The van der Waals surface area contributed by atoms with Gasteiger partial charge in [-0.3, -0.25) is 10.8 Å². The maximum Gasteiger partial charge on any atom is 0.193 e. The Morgan fingerprint density at radius 3 is 2.60 bits per heavy atom. The molecule has 4 N–H and O–H groups in total. The molecule has 0 aliphatic heterocycles. The number of amidine groups is 1. The average molecular weight is 207 g/mol. The minimum Gasteiger partial charge on any atom is -0.356 e. The first-order chi connectivity index (χ1) is 8.33. The van der Waals surface area contributed by atoms with Gasteiger partial charge < -0.3 is 10.6 Å². The molecule has 0 spiro atoms. The van der Waals surface area contributed by atoms with E-state index >= 15 is 0 Å². The minimum atomic E-state index is -2.10. The SMILES string of the molecule is [2H]C(c1ccccc1)C([2H])([2H])NC(=N)NC(C)=N. The van der Waals surface area contributed by atoms with E-state index in [9.17, 15) is 0 Å². The topological polar surface area (TPSA) is 71.8 Å². The van der Waals surface area contributed by atoms with Crippen LogP contribution in [0.5, 0.6) is 0 Å². The fourth-order valence-electron chi connectivity index (χ4n) is 0.960. The zero-order valence-corrected chi connectivity index (χ0v) is 8.46. The molecule has 0 aliphatic rings. The van der Waals surface area contributed by atoms with Gasteiger partial charge in [0.2, 0.25) is 0 Å². The molecule has 0 fully saturated rings. The molecular formula is C11H16N4. The van der Waals surface area contributed by atoms with Crippen LogP contribution < -0.4 is 10.6 Å². The van der Waals surface area contributed by atoms with Crippen molar-refractivity contribution < 1.29 is 4.11 Å². The number of nitrogens with one attached hydrogen (secondary N) is 4. The quantitative estimate of drug-likeness (QED) is 0.446. The second-order valence-corrected chi connectivity index (χ2v) is 2.95. The van der Waals surface area contributed by atoms with Crippen molar-refractivity contribution in [1.82, 2.24) is 10.6 Å². The molecule has 0 aromatic heterocycles. The van der Waals surface area contributed by atoms with Gasteiger partial charge in [0.1, 0.15) is 0 Å². The Kier molecular flexibility index (Phi) is 2.88. The Hall–Kier alpha value is -1.84. The van der Waals surface area contributed by atoms with Gasteiger partial charge in [-0.15, -0.1) is 0 Å². The Balaban J connectivity index is 2.74. The number of guanidine groups is 1. The van der Waals surface area contributed by atoms with Crippen LogP contribution in [0.3, 0.4) is 0 Å². The molecule has 1 atom stereocenters. The zero-order valence-electron chi connectivity index (χ0n) is 11.5. The molecule has 0 radical (unpaired) electrons. The second kappa shape index (κ2) is 5.80. The summed E-state index contributed by atoms with van der Waals surface area (Å²) in [5.41, 5.74) is 0.523. The second-order valence-electron chi connectivity index (χ2n) is 2.95. The molecule has 0 heterocycles. The molecule has 0 bridgehead atoms. The van der Waals surface area contributed by atoms with Gasteiger partial charge in [-0.25, -0.2) is 0 Å². The molecule has 4 heteroatoms. The van der Waals surface area contributed by atoms with E-state index in [1.807, 2.05) is 0 Å². The summed E-state index contributed by atoms with van der Waals surface area (Å²) in [5.74, 6) is -0.301. The zero-order chi connectivity index (χ0) is 13.8. The highest BCUT2D eigenvalue weighted by Gasteiger charge is 1.95. The predicted molar refractivity (Wildman–Crippen MR) is 62.4 cm³/mol. The van der Waals surface area contributed by atoms with E-state index in [4.69, 9.17) is 14.9 Å². The Labute approximate surface area is 93.9 Å². The molecule has 4 nitrogen and oxygen atoms in total. The summed E-state index contributed by atoms with van der Waals surface area (Å²) in [7, 11) is 0. The van der Waals surface area contributed by atoms with Crippen LogP contribution in [0.25, 0.3) is 0 Å². The van der Waals surface area contributed by atoms with Gasteiger partial charge in [-0.05, 0) is 18.9 Å². The standard InChI is InChI=1S/C11H16N4/c1-9(12)15-11(13)14-8-7-10-5-3-2-4-6-10/h2-6H,7-8H2,1H3,(H4,12,13,14,15)/i7D,8D2. The Morgan fingerprint density at radius 2 is 2.00 bits per heavy atom. The summed E-state index contributed by atoms with van der Waals surface area (Å²) in [5, 5.41) is 19.2. The van der Waals surface area contributed by atoms with Crippen LogP contribution >= 0.6 is 0 Å². The van der Waals surface area contributed by atoms with Crippen molar-refractivity contribution in [2.75, 3.05) is 6.50 Å². The van der Waals surface area contributed by atoms with Crippen LogP contribution in [-0.4, -0.2) is 18.3 Å². The molecule has 1 aromatic carbocycles. The van der Waals surface area contributed by atoms with E-state index in [2.05, 4.69) is 10.6 Å². The third-order valence-electron chi connectivity index (χ3n) is 1.55. The molecule has 1 rings (SSSR count). The number of hydrogen-bond donors (Lipinski definition) is 4. The lowest BCUT2D eigenvalue weighted by Gasteiger charge is -2.08. The first kappa shape index (κ1) is 7.45. The maximum atomic E-state index is 7.88. The van der Waals surface area contributed by atoms with Gasteiger partial charge in [0.25, 0.3) is 0 Å². The van der Waals surface area contributed by atoms with Gasteiger partial charge in [-0.2, -0.15) is 0 Å². The Bertz CT molecular complexity index is 433. The lowest BCUT2D eigenvalue weighted by molar-refractivity contribution is 0.842. The van der Waals surface area contributed by atoms with Crippen molar-refractivity contribution in [2.45, 2.75) is 13.3 Å². The molecule has 0 amide bonds. The van der Waals surface area contributed by atoms with Crippen molar-refractivity contribution in [3.05, 3.63) is 35.9 Å². The predicted octanol–water partition coefficient (Wildman–Crippen LogP) is 1.34. The number of rotatable bonds is 3. The summed E-state index contributed by atoms with van der Waals surface area (Å²) in [6, 6.07) is 8.59. The molecule has 80 valence electrons. The largest absolute Gasteiger partial charge is 0.356 e. The third-order valence-corrected chi connectivity index (χ3v) is 1.55. The van der Waals surface area contributed by atoms with E-state index < -0.39 is 12.9 Å². The van der Waals surface area contributed by atoms with Crippen molar-refractivity contribution in [3.63, 3.8) is 0 Å². The van der Waals surface area contributed by atoms with Gasteiger partial charge in [0, 0.05) is 10.6 Å². The van der Waals surface area contributed by atoms with Crippen LogP contribution in [0.1, 0.15) is 16.6 Å². The summed E-state index contributed by atoms with van der Waals surface area (Å²) in [6.07, 6.45) is -1.16. The van der Waals surface area contributed by atoms with E-state index in [0.717, 1.165) is 0 Å². The monoisotopic (exact) mass is 207 g/mol. The molecule has 15 heavy (non-hydrogen) atoms. The van der Waals surface area contributed by atoms with Crippen molar-refractivity contribution in [2.24, 2.45) is 0 Å². The summed E-state index contributed by atoms with van der Waals surface area (Å²) in [4.78, 5) is 0. The highest BCUT2D eigenvalue weighted by molar-refractivity contribution is 5.95. The van der Waals surface area contributed by atoms with Crippen molar-refractivity contribution in [3.8, 4) is 0 Å². The van der Waals surface area contributed by atoms with E-state index in [0.29, 0.717) is 5.56 Å². The van der Waals surface area contributed by atoms with Crippen LogP contribution in [0, 0.1) is 10.8 Å². The summed E-state index contributed by atoms with van der Waals surface area (Å²) >= 11 is 0. The van der Waals surface area contributed by atoms with Crippen LogP contribution in [-0.2, 0) is 6.40 Å². The van der Waals surface area contributed by atoms with E-state index in [-0.39, 0.29) is 11.8 Å². The number of benzene rings is 1. The fraction of sp³-hybridized carbons (Fsp3) is 0.273. The fourth-order valence-corrected chi connectivity index (χ4v) is 0.960. The maximum absolute atomic E-state index is 7.88. The Morgan fingerprint density at radius 1 is 1.33 bits per heavy atom. The third kappa shape index (κ3) is 4.81. The lowest BCUT2D eigenvalue weighted by atomic mass is 10.1. The number of aryl methyl sites for hydroxylation is 1. The van der Waals surface area contributed by atoms with Crippen LogP contribution in [0.2, 0.25) is 0 Å². The lowest BCUT2D eigenvalue weighted by Crippen LogP contribution is -2.39. The first-order valence-corrected chi connectivity index (χ1v) is 4.49. The van der Waals surface area contributed by atoms with E-state index in [1.54, 1.807) is 30.3 Å². The van der Waals surface area contributed by atoms with Gasteiger partial charge in [-0.1, -0.05) is 30.3 Å². The van der Waals surface area contributed by atoms with Gasteiger partial charge in [0.05, 0.1) is 5.84 Å². The van der Waals surface area contributed by atoms with Gasteiger partial charge in [0.15, 0.2) is 5.96 Å². The van der Waals surface area contributed by atoms with Crippen LogP contribution in [0.15, 0.2) is 30.3 Å². The van der Waals surface area contributed by atoms with Gasteiger partial charge >= 0.3 is 0 Å². The van der Waals surface area contributed by atoms with Crippen molar-refractivity contribution >= 4 is 11.8 Å². The summed E-state index contributed by atoms with van der Waals surface area (Å²) < 4.78 is 23.4. The number of hydrogen-bond acceptors (Lipinski definition) is 2. The molecule has 1 aromatic rings.